The Morgan fingerprint density at radius 1 is 1.33 bits per heavy atom. The molecule has 0 saturated carbocycles. The number of aromatic nitrogens is 1. The first-order valence-electron chi connectivity index (χ1n) is 5.06. The van der Waals surface area contributed by atoms with Crippen LogP contribution in [0.2, 0.25) is 5.02 Å². The van der Waals surface area contributed by atoms with Gasteiger partial charge in [0.1, 0.15) is 5.02 Å². The minimum Gasteiger partial charge on any atom is -0.354 e. The third-order valence-electron chi connectivity index (χ3n) is 2.47. The molecule has 9 heteroatoms. The quantitative estimate of drug-likeness (QED) is 0.741. The maximum absolute atomic E-state index is 12.2. The maximum atomic E-state index is 12.2. The highest BCUT2D eigenvalue weighted by Crippen LogP contribution is 2.16. The molecule has 18 heavy (non-hydrogen) atoms. The molecule has 0 bridgehead atoms. The Kier molecular flexibility index (Phi) is 3.42. The molecule has 0 aliphatic carbocycles. The molecule has 7 nitrogen and oxygen atoms in total. The number of aromatic amines is 1. The number of nitrogens with zero attached hydrogens (tertiary/aromatic N) is 1. The van der Waals surface area contributed by atoms with Gasteiger partial charge in [0.15, 0.2) is 0 Å². The van der Waals surface area contributed by atoms with Gasteiger partial charge in [-0.25, -0.2) is 8.42 Å². The number of nitrogens with one attached hydrogen (secondary N) is 2. The van der Waals surface area contributed by atoms with Gasteiger partial charge in [0.05, 0.1) is 11.4 Å². The first-order chi connectivity index (χ1) is 8.41. The van der Waals surface area contributed by atoms with Crippen LogP contribution < -0.4 is 10.9 Å². The molecule has 2 heterocycles. The summed E-state index contributed by atoms with van der Waals surface area (Å²) in [5, 5.41) is 2.32. The highest BCUT2D eigenvalue weighted by Gasteiger charge is 2.29. The van der Waals surface area contributed by atoms with Crippen molar-refractivity contribution in [3.05, 3.63) is 27.6 Å². The van der Waals surface area contributed by atoms with Crippen LogP contribution in [0.25, 0.3) is 0 Å². The van der Waals surface area contributed by atoms with E-state index in [1.54, 1.807) is 0 Å². The summed E-state index contributed by atoms with van der Waals surface area (Å²) >= 11 is 5.58. The SMILES string of the molecule is O=C1CN(S(=O)(=O)c2c[nH]c(=O)c(Cl)c2)CCN1. The van der Waals surface area contributed by atoms with E-state index in [1.807, 2.05) is 0 Å². The Morgan fingerprint density at radius 3 is 2.67 bits per heavy atom. The van der Waals surface area contributed by atoms with E-state index in [0.29, 0.717) is 0 Å². The molecule has 1 saturated heterocycles. The number of pyridine rings is 1. The Balaban J connectivity index is 2.38. The summed E-state index contributed by atoms with van der Waals surface area (Å²) in [7, 11) is -3.82. The largest absolute Gasteiger partial charge is 0.354 e. The predicted molar refractivity (Wildman–Crippen MR) is 63.8 cm³/mol. The number of carbonyl (C=O) groups excluding carboxylic acids is 1. The van der Waals surface area contributed by atoms with Crippen LogP contribution >= 0.6 is 11.6 Å². The number of amides is 1. The first-order valence-corrected chi connectivity index (χ1v) is 6.88. The van der Waals surface area contributed by atoms with E-state index in [9.17, 15) is 18.0 Å². The van der Waals surface area contributed by atoms with Crippen LogP contribution in [0.4, 0.5) is 0 Å². The normalized spacial score (nSPS) is 17.5. The van der Waals surface area contributed by atoms with E-state index >= 15 is 0 Å². The van der Waals surface area contributed by atoms with Gasteiger partial charge in [-0.3, -0.25) is 9.59 Å². The van der Waals surface area contributed by atoms with Gasteiger partial charge in [-0.2, -0.15) is 4.31 Å². The van der Waals surface area contributed by atoms with Crippen LogP contribution in [0, 0.1) is 0 Å². The molecule has 0 radical (unpaired) electrons. The molecule has 1 aromatic heterocycles. The van der Waals surface area contributed by atoms with Crippen molar-refractivity contribution in [1.29, 1.82) is 0 Å². The van der Waals surface area contributed by atoms with E-state index in [0.717, 1.165) is 16.6 Å². The molecule has 1 aliphatic heterocycles. The standard InChI is InChI=1S/C9H10ClN3O4S/c10-7-3-6(4-12-9(7)15)18(16,17)13-2-1-11-8(14)5-13/h3-4H,1-2,5H2,(H,11,14)(H,12,15). The van der Waals surface area contributed by atoms with Crippen molar-refractivity contribution in [2.75, 3.05) is 19.6 Å². The summed E-state index contributed by atoms with van der Waals surface area (Å²) in [6, 6.07) is 1.07. The molecule has 2 rings (SSSR count). The predicted octanol–water partition coefficient (Wildman–Crippen LogP) is -0.851. The molecule has 0 aromatic carbocycles. The second kappa shape index (κ2) is 4.71. The molecule has 0 unspecified atom stereocenters. The number of rotatable bonds is 2. The third kappa shape index (κ3) is 2.40. The molecule has 2 N–H and O–H groups in total. The van der Waals surface area contributed by atoms with Gasteiger partial charge >= 0.3 is 0 Å². The van der Waals surface area contributed by atoms with E-state index in [1.165, 1.54) is 0 Å². The summed E-state index contributed by atoms with van der Waals surface area (Å²) in [5.74, 6) is -0.361. The molecule has 1 fully saturated rings. The van der Waals surface area contributed by atoms with Gasteiger partial charge in [0.25, 0.3) is 5.56 Å². The highest BCUT2D eigenvalue weighted by atomic mass is 35.5. The van der Waals surface area contributed by atoms with Gasteiger partial charge in [0, 0.05) is 19.3 Å². The fourth-order valence-electron chi connectivity index (χ4n) is 1.56. The number of sulfonamides is 1. The Labute approximate surface area is 108 Å². The van der Waals surface area contributed by atoms with Crippen molar-refractivity contribution in [3.63, 3.8) is 0 Å². The number of carbonyl (C=O) groups is 1. The van der Waals surface area contributed by atoms with Crippen molar-refractivity contribution >= 4 is 27.5 Å². The molecule has 0 atom stereocenters. The van der Waals surface area contributed by atoms with Crippen LogP contribution in [-0.4, -0.2) is 43.2 Å². The van der Waals surface area contributed by atoms with Gasteiger partial charge in [-0.05, 0) is 6.07 Å². The third-order valence-corrected chi connectivity index (χ3v) is 4.58. The number of hydrogen-bond acceptors (Lipinski definition) is 4. The van der Waals surface area contributed by atoms with Gasteiger partial charge < -0.3 is 10.3 Å². The second-order valence-corrected chi connectivity index (χ2v) is 6.05. The zero-order valence-corrected chi connectivity index (χ0v) is 10.7. The molecular weight excluding hydrogens is 282 g/mol. The van der Waals surface area contributed by atoms with Gasteiger partial charge in [-0.1, -0.05) is 11.6 Å². The van der Waals surface area contributed by atoms with E-state index < -0.39 is 15.6 Å². The van der Waals surface area contributed by atoms with Crippen molar-refractivity contribution < 1.29 is 13.2 Å². The van der Waals surface area contributed by atoms with Crippen LogP contribution in [0.3, 0.4) is 0 Å². The Morgan fingerprint density at radius 2 is 2.06 bits per heavy atom. The summed E-state index contributed by atoms with van der Waals surface area (Å²) in [5.41, 5.74) is -0.563. The van der Waals surface area contributed by atoms with Gasteiger partial charge in [-0.15, -0.1) is 0 Å². The minimum absolute atomic E-state index is 0.137. The molecular formula is C9H10ClN3O4S. The average Bonchev–Trinajstić information content (AvgIpc) is 2.32. The second-order valence-electron chi connectivity index (χ2n) is 3.70. The summed E-state index contributed by atoms with van der Waals surface area (Å²) < 4.78 is 25.4. The zero-order chi connectivity index (χ0) is 13.3. The first kappa shape index (κ1) is 13.1. The lowest BCUT2D eigenvalue weighted by Crippen LogP contribution is -2.49. The van der Waals surface area contributed by atoms with Crippen molar-refractivity contribution in [2.45, 2.75) is 4.90 Å². The summed E-state index contributed by atoms with van der Waals surface area (Å²) in [6.07, 6.45) is 1.07. The van der Waals surface area contributed by atoms with Crippen molar-refractivity contribution in [3.8, 4) is 0 Å². The average molecular weight is 292 g/mol. The maximum Gasteiger partial charge on any atom is 0.266 e. The minimum atomic E-state index is -3.82. The van der Waals surface area contributed by atoms with Gasteiger partial charge in [0.2, 0.25) is 15.9 Å². The number of H-pyrrole nitrogens is 1. The molecule has 0 spiro atoms. The molecule has 1 aromatic rings. The number of piperazine rings is 1. The van der Waals surface area contributed by atoms with Crippen LogP contribution in [0.15, 0.2) is 22.0 Å². The molecule has 1 aliphatic rings. The van der Waals surface area contributed by atoms with E-state index in [4.69, 9.17) is 11.6 Å². The lowest BCUT2D eigenvalue weighted by molar-refractivity contribution is -0.122. The smallest absolute Gasteiger partial charge is 0.266 e. The lowest BCUT2D eigenvalue weighted by atomic mass is 10.4. The highest BCUT2D eigenvalue weighted by molar-refractivity contribution is 7.89. The lowest BCUT2D eigenvalue weighted by Gasteiger charge is -2.25. The molecule has 1 amide bonds. The molecule has 98 valence electrons. The van der Waals surface area contributed by atoms with Crippen molar-refractivity contribution in [2.24, 2.45) is 0 Å². The Hall–Kier alpha value is -1.38. The number of hydrogen-bond donors (Lipinski definition) is 2. The monoisotopic (exact) mass is 291 g/mol. The Bertz CT molecular complexity index is 639. The zero-order valence-electron chi connectivity index (χ0n) is 9.14. The van der Waals surface area contributed by atoms with Crippen LogP contribution in [-0.2, 0) is 14.8 Å². The fraction of sp³-hybridized carbons (Fsp3) is 0.333. The number of halogens is 1. The fourth-order valence-corrected chi connectivity index (χ4v) is 3.18. The van der Waals surface area contributed by atoms with E-state index in [-0.39, 0.29) is 35.5 Å². The van der Waals surface area contributed by atoms with E-state index in [2.05, 4.69) is 10.3 Å². The van der Waals surface area contributed by atoms with Crippen LogP contribution in [0.1, 0.15) is 0 Å². The van der Waals surface area contributed by atoms with Crippen LogP contribution in [0.5, 0.6) is 0 Å². The van der Waals surface area contributed by atoms with Crippen molar-refractivity contribution in [1.82, 2.24) is 14.6 Å². The summed E-state index contributed by atoms with van der Waals surface area (Å²) in [6.45, 7) is 0.207. The summed E-state index contributed by atoms with van der Waals surface area (Å²) in [4.78, 5) is 24.3. The topological polar surface area (TPSA) is 99.3 Å².